The van der Waals surface area contributed by atoms with Gasteiger partial charge in [0.05, 0.1) is 14.2 Å². The van der Waals surface area contributed by atoms with Crippen LogP contribution < -0.4 is 18.9 Å². The first-order valence-electron chi connectivity index (χ1n) is 11.4. The molecule has 0 aliphatic carbocycles. The molecular formula is C30H28O5. The smallest absolute Gasteiger partial charge is 0.167 e. The molecule has 0 aromatic heterocycles. The summed E-state index contributed by atoms with van der Waals surface area (Å²) in [5.74, 6) is 2.31. The molecular weight excluding hydrogens is 440 g/mol. The molecule has 0 atom stereocenters. The summed E-state index contributed by atoms with van der Waals surface area (Å²) in [7, 11) is 3.18. The molecule has 0 fully saturated rings. The lowest BCUT2D eigenvalue weighted by Crippen LogP contribution is -2.06. The number of hydrogen-bond donors (Lipinski definition) is 0. The van der Waals surface area contributed by atoms with Crippen LogP contribution in [0.4, 0.5) is 0 Å². The van der Waals surface area contributed by atoms with Crippen LogP contribution in [0.15, 0.2) is 97.1 Å². The summed E-state index contributed by atoms with van der Waals surface area (Å²) in [4.78, 5) is 13.1. The van der Waals surface area contributed by atoms with Crippen LogP contribution in [0.3, 0.4) is 0 Å². The van der Waals surface area contributed by atoms with Gasteiger partial charge in [-0.25, -0.2) is 0 Å². The topological polar surface area (TPSA) is 54.0 Å². The molecule has 5 heteroatoms. The van der Waals surface area contributed by atoms with Gasteiger partial charge in [-0.05, 0) is 47.0 Å². The summed E-state index contributed by atoms with van der Waals surface area (Å²) in [5.41, 5.74) is 3.47. The van der Waals surface area contributed by atoms with Gasteiger partial charge in [0.25, 0.3) is 0 Å². The quantitative estimate of drug-likeness (QED) is 0.242. The lowest BCUT2D eigenvalue weighted by atomic mass is 10.0. The minimum atomic E-state index is -0.0311. The van der Waals surface area contributed by atoms with E-state index in [2.05, 4.69) is 0 Å². The van der Waals surface area contributed by atoms with E-state index in [4.69, 9.17) is 18.9 Å². The van der Waals surface area contributed by atoms with Crippen molar-refractivity contribution in [2.24, 2.45) is 0 Å². The summed E-state index contributed by atoms with van der Waals surface area (Å²) in [5, 5.41) is 0. The molecule has 0 bridgehead atoms. The van der Waals surface area contributed by atoms with E-state index < -0.39 is 0 Å². The Hall–Kier alpha value is -4.25. The molecule has 0 amide bonds. The van der Waals surface area contributed by atoms with Crippen LogP contribution in [0.5, 0.6) is 23.0 Å². The number of benzene rings is 4. The molecule has 0 saturated heterocycles. The standard InChI is InChI=1S/C30H28O5/c1-32-27-15-13-24(18-29(27)34-20-22-9-5-3-6-10-22)17-26(31)25-14-16-28(33-2)30(19-25)35-21-23-11-7-4-8-12-23/h3-16,18-19H,17,20-21H2,1-2H3. The predicted molar refractivity (Wildman–Crippen MR) is 136 cm³/mol. The normalized spacial score (nSPS) is 10.5. The minimum Gasteiger partial charge on any atom is -0.493 e. The van der Waals surface area contributed by atoms with Crippen LogP contribution in [0.25, 0.3) is 0 Å². The summed E-state index contributed by atoms with van der Waals surface area (Å²) in [6.07, 6.45) is 0.218. The number of carbonyl (C=O) groups excluding carboxylic acids is 1. The van der Waals surface area contributed by atoms with Crippen molar-refractivity contribution in [1.82, 2.24) is 0 Å². The highest BCUT2D eigenvalue weighted by Gasteiger charge is 2.14. The highest BCUT2D eigenvalue weighted by Crippen LogP contribution is 2.31. The van der Waals surface area contributed by atoms with E-state index in [1.54, 1.807) is 32.4 Å². The summed E-state index contributed by atoms with van der Waals surface area (Å²) in [6.45, 7) is 0.796. The number of hydrogen-bond acceptors (Lipinski definition) is 5. The van der Waals surface area contributed by atoms with Crippen molar-refractivity contribution in [3.8, 4) is 23.0 Å². The van der Waals surface area contributed by atoms with E-state index in [1.807, 2.05) is 78.9 Å². The summed E-state index contributed by atoms with van der Waals surface area (Å²) < 4.78 is 22.8. The van der Waals surface area contributed by atoms with Gasteiger partial charge in [-0.3, -0.25) is 4.79 Å². The van der Waals surface area contributed by atoms with Gasteiger partial charge in [0.15, 0.2) is 28.8 Å². The third-order valence-electron chi connectivity index (χ3n) is 5.55. The Morgan fingerprint density at radius 1 is 0.571 bits per heavy atom. The van der Waals surface area contributed by atoms with Crippen molar-refractivity contribution in [1.29, 1.82) is 0 Å². The van der Waals surface area contributed by atoms with E-state index >= 15 is 0 Å². The Labute approximate surface area is 205 Å². The highest BCUT2D eigenvalue weighted by molar-refractivity contribution is 5.98. The van der Waals surface area contributed by atoms with E-state index in [9.17, 15) is 4.79 Å². The van der Waals surface area contributed by atoms with Crippen LogP contribution in [0.1, 0.15) is 27.0 Å². The van der Waals surface area contributed by atoms with Gasteiger partial charge >= 0.3 is 0 Å². The first-order valence-corrected chi connectivity index (χ1v) is 11.4. The average Bonchev–Trinajstić information content (AvgIpc) is 2.91. The Morgan fingerprint density at radius 2 is 1.09 bits per heavy atom. The molecule has 4 rings (SSSR count). The van der Waals surface area contributed by atoms with Crippen LogP contribution in [0.2, 0.25) is 0 Å². The average molecular weight is 469 g/mol. The predicted octanol–water partition coefficient (Wildman–Crippen LogP) is 6.29. The molecule has 35 heavy (non-hydrogen) atoms. The molecule has 0 spiro atoms. The number of Topliss-reactive ketones (excluding diaryl/α,β-unsaturated/α-hetero) is 1. The van der Waals surface area contributed by atoms with Crippen molar-refractivity contribution in [3.05, 3.63) is 119 Å². The van der Waals surface area contributed by atoms with Crippen molar-refractivity contribution < 1.29 is 23.7 Å². The Morgan fingerprint density at radius 3 is 1.63 bits per heavy atom. The third-order valence-corrected chi connectivity index (χ3v) is 5.55. The zero-order valence-electron chi connectivity index (χ0n) is 19.9. The number of rotatable bonds is 11. The zero-order chi connectivity index (χ0) is 24.5. The first-order chi connectivity index (χ1) is 17.2. The molecule has 0 unspecified atom stereocenters. The van der Waals surface area contributed by atoms with Crippen molar-refractivity contribution in [3.63, 3.8) is 0 Å². The van der Waals surface area contributed by atoms with Crippen LogP contribution in [0, 0.1) is 0 Å². The van der Waals surface area contributed by atoms with Crippen molar-refractivity contribution >= 4 is 5.78 Å². The Bertz CT molecular complexity index is 1250. The summed E-state index contributed by atoms with van der Waals surface area (Å²) in [6, 6.07) is 30.6. The fraction of sp³-hybridized carbons (Fsp3) is 0.167. The van der Waals surface area contributed by atoms with Gasteiger partial charge in [0.1, 0.15) is 13.2 Å². The molecule has 0 N–H and O–H groups in total. The fourth-order valence-electron chi connectivity index (χ4n) is 3.66. The van der Waals surface area contributed by atoms with E-state index in [-0.39, 0.29) is 12.2 Å². The van der Waals surface area contributed by atoms with Crippen molar-refractivity contribution in [2.75, 3.05) is 14.2 Å². The Kier molecular flexibility index (Phi) is 8.02. The summed E-state index contributed by atoms with van der Waals surface area (Å²) >= 11 is 0. The van der Waals surface area contributed by atoms with E-state index in [0.717, 1.165) is 16.7 Å². The second-order valence-electron chi connectivity index (χ2n) is 8.00. The van der Waals surface area contributed by atoms with Crippen LogP contribution in [-0.4, -0.2) is 20.0 Å². The molecule has 0 radical (unpaired) electrons. The molecule has 5 nitrogen and oxygen atoms in total. The third kappa shape index (κ3) is 6.42. The largest absolute Gasteiger partial charge is 0.493 e. The van der Waals surface area contributed by atoms with Gasteiger partial charge in [0.2, 0.25) is 0 Å². The zero-order valence-corrected chi connectivity index (χ0v) is 19.9. The maximum absolute atomic E-state index is 13.1. The van der Waals surface area contributed by atoms with Gasteiger partial charge in [0, 0.05) is 12.0 Å². The lowest BCUT2D eigenvalue weighted by Gasteiger charge is -2.14. The van der Waals surface area contributed by atoms with Gasteiger partial charge in [-0.2, -0.15) is 0 Å². The molecule has 0 saturated carbocycles. The molecule has 0 aliphatic heterocycles. The number of ether oxygens (including phenoxy) is 4. The second kappa shape index (κ2) is 11.7. The van der Waals surface area contributed by atoms with Crippen LogP contribution in [-0.2, 0) is 19.6 Å². The lowest BCUT2D eigenvalue weighted by molar-refractivity contribution is 0.0992. The van der Waals surface area contributed by atoms with Gasteiger partial charge < -0.3 is 18.9 Å². The molecule has 0 heterocycles. The molecule has 178 valence electrons. The SMILES string of the molecule is COc1ccc(CC(=O)c2ccc(OC)c(OCc3ccccc3)c2)cc1OCc1ccccc1. The fourth-order valence-corrected chi connectivity index (χ4v) is 3.66. The Balaban J connectivity index is 1.47. The van der Waals surface area contributed by atoms with E-state index in [0.29, 0.717) is 41.8 Å². The van der Waals surface area contributed by atoms with Gasteiger partial charge in [-0.15, -0.1) is 0 Å². The highest BCUT2D eigenvalue weighted by atomic mass is 16.5. The second-order valence-corrected chi connectivity index (χ2v) is 8.00. The van der Waals surface area contributed by atoms with E-state index in [1.165, 1.54) is 0 Å². The molecule has 4 aromatic rings. The van der Waals surface area contributed by atoms with Gasteiger partial charge in [-0.1, -0.05) is 66.7 Å². The monoisotopic (exact) mass is 468 g/mol. The number of carbonyl (C=O) groups is 1. The van der Waals surface area contributed by atoms with Crippen molar-refractivity contribution in [2.45, 2.75) is 19.6 Å². The molecule has 4 aromatic carbocycles. The number of ketones is 1. The first kappa shape index (κ1) is 23.9. The van der Waals surface area contributed by atoms with Crippen LogP contribution >= 0.6 is 0 Å². The maximum Gasteiger partial charge on any atom is 0.167 e. The maximum atomic E-state index is 13.1. The minimum absolute atomic E-state index is 0.0311. The number of methoxy groups -OCH3 is 2. The molecule has 0 aliphatic rings.